The van der Waals surface area contributed by atoms with Gasteiger partial charge in [0.1, 0.15) is 16.2 Å². The van der Waals surface area contributed by atoms with Gasteiger partial charge in [-0.05, 0) is 12.1 Å². The molecule has 1 aromatic carbocycles. The fourth-order valence-electron chi connectivity index (χ4n) is 1.19. The van der Waals surface area contributed by atoms with Crippen molar-refractivity contribution in [3.8, 4) is 0 Å². The van der Waals surface area contributed by atoms with Gasteiger partial charge in [-0.3, -0.25) is 0 Å². The number of imidazole rings is 1. The minimum Gasteiger partial charge on any atom is -0.345 e. The zero-order valence-corrected chi connectivity index (χ0v) is 8.23. The summed E-state index contributed by atoms with van der Waals surface area (Å²) in [6.07, 6.45) is 1.27. The lowest BCUT2D eigenvalue weighted by molar-refractivity contribution is 0.578. The molecule has 0 saturated heterocycles. The predicted molar refractivity (Wildman–Crippen MR) is 49.1 cm³/mol. The molecule has 1 N–H and O–H groups in total. The van der Waals surface area contributed by atoms with E-state index in [1.54, 1.807) is 0 Å². The Morgan fingerprint density at radius 3 is 2.79 bits per heavy atom. The Balaban J connectivity index is 2.98. The summed E-state index contributed by atoms with van der Waals surface area (Å²) in [4.78, 5) is 5.76. The molecule has 0 amide bonds. The highest BCUT2D eigenvalue weighted by Crippen LogP contribution is 2.25. The van der Waals surface area contributed by atoms with Crippen molar-refractivity contribution in [2.24, 2.45) is 0 Å². The lowest BCUT2D eigenvalue weighted by Gasteiger charge is -1.98. The van der Waals surface area contributed by atoms with Crippen molar-refractivity contribution in [1.29, 1.82) is 0 Å². The number of aromatic amines is 1. The number of nitrogens with zero attached hydrogens (tertiary/aromatic N) is 1. The number of aromatic nitrogens is 2. The monoisotopic (exact) mass is 234 g/mol. The summed E-state index contributed by atoms with van der Waals surface area (Å²) in [5, 5.41) is 0. The molecule has 0 bridgehead atoms. The SMILES string of the molecule is O=S(=O)(Cl)c1c(F)ccc2[nH]cnc12. The Kier molecular flexibility index (Phi) is 1.97. The topological polar surface area (TPSA) is 62.8 Å². The van der Waals surface area contributed by atoms with Crippen LogP contribution in [-0.4, -0.2) is 18.4 Å². The van der Waals surface area contributed by atoms with Crippen molar-refractivity contribution in [2.75, 3.05) is 0 Å². The van der Waals surface area contributed by atoms with Crippen LogP contribution < -0.4 is 0 Å². The van der Waals surface area contributed by atoms with E-state index in [9.17, 15) is 12.8 Å². The number of hydrogen-bond donors (Lipinski definition) is 1. The van der Waals surface area contributed by atoms with Crippen LogP contribution in [0.1, 0.15) is 0 Å². The van der Waals surface area contributed by atoms with Gasteiger partial charge in [-0.25, -0.2) is 17.8 Å². The average Bonchev–Trinajstić information content (AvgIpc) is 2.48. The van der Waals surface area contributed by atoms with Gasteiger partial charge in [0.25, 0.3) is 9.05 Å². The quantitative estimate of drug-likeness (QED) is 0.763. The first kappa shape index (κ1) is 9.42. The average molecular weight is 235 g/mol. The van der Waals surface area contributed by atoms with Gasteiger partial charge in [0.2, 0.25) is 0 Å². The molecule has 0 saturated carbocycles. The molecule has 14 heavy (non-hydrogen) atoms. The largest absolute Gasteiger partial charge is 0.345 e. The summed E-state index contributed by atoms with van der Waals surface area (Å²) in [5.74, 6) is -0.903. The highest BCUT2D eigenvalue weighted by molar-refractivity contribution is 8.14. The van der Waals surface area contributed by atoms with Crippen LogP contribution in [0.2, 0.25) is 0 Å². The number of rotatable bonds is 1. The second-order valence-electron chi connectivity index (χ2n) is 2.61. The van der Waals surface area contributed by atoms with Gasteiger partial charge >= 0.3 is 0 Å². The van der Waals surface area contributed by atoms with Crippen molar-refractivity contribution in [3.63, 3.8) is 0 Å². The normalized spacial score (nSPS) is 12.1. The van der Waals surface area contributed by atoms with E-state index in [2.05, 4.69) is 9.97 Å². The highest BCUT2D eigenvalue weighted by atomic mass is 35.7. The maximum atomic E-state index is 13.2. The van der Waals surface area contributed by atoms with E-state index in [0.29, 0.717) is 5.52 Å². The van der Waals surface area contributed by atoms with E-state index in [4.69, 9.17) is 10.7 Å². The molecule has 0 aliphatic carbocycles. The third-order valence-electron chi connectivity index (χ3n) is 1.74. The third kappa shape index (κ3) is 1.36. The molecule has 0 radical (unpaired) electrons. The maximum absolute atomic E-state index is 13.2. The molecule has 0 aliphatic rings. The maximum Gasteiger partial charge on any atom is 0.266 e. The van der Waals surface area contributed by atoms with Gasteiger partial charge in [0, 0.05) is 10.7 Å². The van der Waals surface area contributed by atoms with Crippen LogP contribution in [0.15, 0.2) is 23.4 Å². The molecule has 7 heteroatoms. The highest BCUT2D eigenvalue weighted by Gasteiger charge is 2.21. The number of nitrogens with one attached hydrogen (secondary N) is 1. The molecule has 0 atom stereocenters. The van der Waals surface area contributed by atoms with E-state index in [1.807, 2.05) is 0 Å². The Bertz CT molecular complexity index is 593. The lowest BCUT2D eigenvalue weighted by atomic mass is 10.3. The molecule has 74 valence electrons. The Morgan fingerprint density at radius 2 is 2.14 bits per heavy atom. The summed E-state index contributed by atoms with van der Waals surface area (Å²) in [5.41, 5.74) is 0.436. The number of halogens is 2. The molecule has 0 unspecified atom stereocenters. The van der Waals surface area contributed by atoms with Crippen molar-refractivity contribution < 1.29 is 12.8 Å². The molecule has 2 aromatic rings. The zero-order chi connectivity index (χ0) is 10.3. The number of hydrogen-bond acceptors (Lipinski definition) is 3. The molecule has 0 aliphatic heterocycles. The fourth-order valence-corrected chi connectivity index (χ4v) is 2.32. The smallest absolute Gasteiger partial charge is 0.266 e. The summed E-state index contributed by atoms with van der Waals surface area (Å²) < 4.78 is 35.2. The van der Waals surface area contributed by atoms with E-state index < -0.39 is 19.8 Å². The van der Waals surface area contributed by atoms with Gasteiger partial charge in [0.15, 0.2) is 0 Å². The Morgan fingerprint density at radius 1 is 1.43 bits per heavy atom. The molecule has 0 spiro atoms. The van der Waals surface area contributed by atoms with Crippen LogP contribution in [0.4, 0.5) is 4.39 Å². The number of fused-ring (bicyclic) bond motifs is 1. The van der Waals surface area contributed by atoms with Crippen LogP contribution in [0, 0.1) is 5.82 Å². The molecule has 4 nitrogen and oxygen atoms in total. The van der Waals surface area contributed by atoms with E-state index in [0.717, 1.165) is 6.07 Å². The van der Waals surface area contributed by atoms with Crippen molar-refractivity contribution in [3.05, 3.63) is 24.3 Å². The second-order valence-corrected chi connectivity index (χ2v) is 5.12. The van der Waals surface area contributed by atoms with E-state index in [1.165, 1.54) is 12.4 Å². The minimum absolute atomic E-state index is 0.0139. The molecular weight excluding hydrogens is 231 g/mol. The molecular formula is C7H4ClFN2O2S. The molecule has 2 rings (SSSR count). The first-order valence-electron chi connectivity index (χ1n) is 3.56. The summed E-state index contributed by atoms with van der Waals surface area (Å²) in [6.45, 7) is 0. The third-order valence-corrected chi connectivity index (χ3v) is 3.08. The van der Waals surface area contributed by atoms with Gasteiger partial charge in [-0.15, -0.1) is 0 Å². The van der Waals surface area contributed by atoms with Gasteiger partial charge in [-0.2, -0.15) is 0 Å². The molecule has 1 heterocycles. The Labute approximate surface area is 83.1 Å². The van der Waals surface area contributed by atoms with Crippen molar-refractivity contribution in [1.82, 2.24) is 9.97 Å². The molecule has 1 aromatic heterocycles. The summed E-state index contributed by atoms with van der Waals surface area (Å²) >= 11 is 0. The zero-order valence-electron chi connectivity index (χ0n) is 6.66. The Hall–Kier alpha value is -1.14. The van der Waals surface area contributed by atoms with Crippen LogP contribution in [0.3, 0.4) is 0 Å². The van der Waals surface area contributed by atoms with Crippen molar-refractivity contribution >= 4 is 30.8 Å². The van der Waals surface area contributed by atoms with Gasteiger partial charge < -0.3 is 4.98 Å². The van der Waals surface area contributed by atoms with Crippen LogP contribution in [0.5, 0.6) is 0 Å². The second kappa shape index (κ2) is 2.93. The minimum atomic E-state index is -4.12. The van der Waals surface area contributed by atoms with Crippen molar-refractivity contribution in [2.45, 2.75) is 4.90 Å². The van der Waals surface area contributed by atoms with E-state index in [-0.39, 0.29) is 5.52 Å². The van der Waals surface area contributed by atoms with Crippen LogP contribution in [-0.2, 0) is 9.05 Å². The lowest BCUT2D eigenvalue weighted by Crippen LogP contribution is -1.96. The first-order chi connectivity index (χ1) is 6.50. The summed E-state index contributed by atoms with van der Waals surface area (Å²) in [6, 6.07) is 2.42. The van der Waals surface area contributed by atoms with Gasteiger partial charge in [0.05, 0.1) is 11.8 Å². The van der Waals surface area contributed by atoms with Crippen LogP contribution >= 0.6 is 10.7 Å². The first-order valence-corrected chi connectivity index (χ1v) is 5.87. The predicted octanol–water partition coefficient (Wildman–Crippen LogP) is 1.63. The summed E-state index contributed by atoms with van der Waals surface area (Å²) in [7, 11) is 0.963. The fraction of sp³-hybridized carbons (Fsp3) is 0. The standard InChI is InChI=1S/C7H4ClFN2O2S/c8-14(12,13)7-4(9)1-2-5-6(7)11-3-10-5/h1-3H,(H,10,11). The number of benzene rings is 1. The van der Waals surface area contributed by atoms with Crippen LogP contribution in [0.25, 0.3) is 11.0 Å². The van der Waals surface area contributed by atoms with Gasteiger partial charge in [-0.1, -0.05) is 0 Å². The number of H-pyrrole nitrogens is 1. The molecule has 0 fully saturated rings. The van der Waals surface area contributed by atoms with E-state index >= 15 is 0 Å².